The summed E-state index contributed by atoms with van der Waals surface area (Å²) in [5.74, 6) is -1.13. The van der Waals surface area contributed by atoms with Gasteiger partial charge in [-0.05, 0) is 19.4 Å². The van der Waals surface area contributed by atoms with Gasteiger partial charge in [0.25, 0.3) is 5.91 Å². The molecule has 116 valence electrons. The Morgan fingerprint density at radius 2 is 2.05 bits per heavy atom. The van der Waals surface area contributed by atoms with Gasteiger partial charge < -0.3 is 10.0 Å². The Kier molecular flexibility index (Phi) is 5.27. The fraction of sp³-hybridized carbons (Fsp3) is 0.312. The molecule has 1 aromatic heterocycles. The molecule has 22 heavy (non-hydrogen) atoms. The second-order valence-corrected chi connectivity index (χ2v) is 5.74. The molecule has 0 saturated heterocycles. The van der Waals surface area contributed by atoms with Crippen molar-refractivity contribution in [2.45, 2.75) is 20.3 Å². The normalized spacial score (nSPS) is 10.5. The zero-order chi connectivity index (χ0) is 16.1. The van der Waals surface area contributed by atoms with E-state index in [4.69, 9.17) is 5.11 Å². The van der Waals surface area contributed by atoms with Crippen molar-refractivity contribution < 1.29 is 14.7 Å². The Labute approximate surface area is 133 Å². The Balaban J connectivity index is 2.18. The zero-order valence-electron chi connectivity index (χ0n) is 12.6. The van der Waals surface area contributed by atoms with Crippen LogP contribution in [0.15, 0.2) is 29.6 Å². The lowest BCUT2D eigenvalue weighted by Gasteiger charge is -2.18. The van der Waals surface area contributed by atoms with Gasteiger partial charge in [-0.2, -0.15) is 0 Å². The lowest BCUT2D eigenvalue weighted by molar-refractivity contribution is -0.137. The third-order valence-electron chi connectivity index (χ3n) is 3.36. The lowest BCUT2D eigenvalue weighted by Crippen LogP contribution is -2.33. The lowest BCUT2D eigenvalue weighted by atomic mass is 10.1. The zero-order valence-corrected chi connectivity index (χ0v) is 13.4. The van der Waals surface area contributed by atoms with Gasteiger partial charge in [0.2, 0.25) is 0 Å². The highest BCUT2D eigenvalue weighted by molar-refractivity contribution is 7.13. The van der Waals surface area contributed by atoms with Crippen molar-refractivity contribution in [2.24, 2.45) is 0 Å². The van der Waals surface area contributed by atoms with Gasteiger partial charge in [-0.1, -0.05) is 24.3 Å². The second-order valence-electron chi connectivity index (χ2n) is 4.88. The van der Waals surface area contributed by atoms with E-state index in [-0.39, 0.29) is 18.9 Å². The molecule has 1 amide bonds. The molecule has 0 aliphatic rings. The van der Waals surface area contributed by atoms with Crippen molar-refractivity contribution >= 4 is 23.2 Å². The summed E-state index contributed by atoms with van der Waals surface area (Å²) in [6.07, 6.45) is -0.0611. The Bertz CT molecular complexity index is 682. The van der Waals surface area contributed by atoms with Gasteiger partial charge in [0, 0.05) is 24.0 Å². The summed E-state index contributed by atoms with van der Waals surface area (Å²) in [6.45, 7) is 4.49. The Morgan fingerprint density at radius 3 is 2.68 bits per heavy atom. The molecule has 1 heterocycles. The standard InChI is InChI=1S/C16H18N2O3S/c1-3-18(9-8-14(19)20)16(21)13-10-22-15(17-13)12-7-5-4-6-11(12)2/h4-7,10H,3,8-9H2,1-2H3,(H,19,20). The minimum Gasteiger partial charge on any atom is -0.481 e. The predicted octanol–water partition coefficient (Wildman–Crippen LogP) is 3.06. The number of carboxylic acids is 1. The summed E-state index contributed by atoms with van der Waals surface area (Å²) in [5.41, 5.74) is 2.49. The number of benzene rings is 1. The third-order valence-corrected chi connectivity index (χ3v) is 4.24. The van der Waals surface area contributed by atoms with E-state index in [0.29, 0.717) is 12.2 Å². The summed E-state index contributed by atoms with van der Waals surface area (Å²) in [4.78, 5) is 29.0. The number of hydrogen-bond acceptors (Lipinski definition) is 4. The fourth-order valence-electron chi connectivity index (χ4n) is 2.10. The van der Waals surface area contributed by atoms with Crippen LogP contribution in [0.25, 0.3) is 10.6 Å². The van der Waals surface area contributed by atoms with Gasteiger partial charge in [0.15, 0.2) is 0 Å². The molecule has 1 N–H and O–H groups in total. The van der Waals surface area contributed by atoms with Crippen LogP contribution in [0.2, 0.25) is 0 Å². The predicted molar refractivity (Wildman–Crippen MR) is 86.1 cm³/mol. The van der Waals surface area contributed by atoms with Gasteiger partial charge in [0.1, 0.15) is 10.7 Å². The van der Waals surface area contributed by atoms with Gasteiger partial charge in [-0.3, -0.25) is 9.59 Å². The molecule has 0 aliphatic carbocycles. The number of rotatable bonds is 6. The number of nitrogens with zero attached hydrogens (tertiary/aromatic N) is 2. The van der Waals surface area contributed by atoms with Crippen LogP contribution in [0.3, 0.4) is 0 Å². The quantitative estimate of drug-likeness (QED) is 0.888. The molecule has 0 fully saturated rings. The third kappa shape index (κ3) is 3.71. The molecule has 6 heteroatoms. The molecule has 0 unspecified atom stereocenters. The van der Waals surface area contributed by atoms with Gasteiger partial charge in [0.05, 0.1) is 6.42 Å². The maximum atomic E-state index is 12.4. The number of carbonyl (C=O) groups is 2. The minimum absolute atomic E-state index is 0.0611. The van der Waals surface area contributed by atoms with Crippen molar-refractivity contribution in [3.05, 3.63) is 40.9 Å². The van der Waals surface area contributed by atoms with E-state index in [0.717, 1.165) is 16.1 Å². The first kappa shape index (κ1) is 16.2. The summed E-state index contributed by atoms with van der Waals surface area (Å²) in [7, 11) is 0. The van der Waals surface area contributed by atoms with Gasteiger partial charge in [-0.25, -0.2) is 4.98 Å². The second kappa shape index (κ2) is 7.17. The van der Waals surface area contributed by atoms with E-state index in [1.165, 1.54) is 16.2 Å². The molecule has 2 rings (SSSR count). The number of aryl methyl sites for hydroxylation is 1. The maximum absolute atomic E-state index is 12.4. The summed E-state index contributed by atoms with van der Waals surface area (Å²) in [6, 6.07) is 7.88. The van der Waals surface area contributed by atoms with E-state index in [9.17, 15) is 9.59 Å². The van der Waals surface area contributed by atoms with Crippen LogP contribution in [-0.2, 0) is 4.79 Å². The van der Waals surface area contributed by atoms with Crippen LogP contribution in [0.5, 0.6) is 0 Å². The van der Waals surface area contributed by atoms with Crippen LogP contribution < -0.4 is 0 Å². The summed E-state index contributed by atoms with van der Waals surface area (Å²) < 4.78 is 0. The number of amides is 1. The Hall–Kier alpha value is -2.21. The average Bonchev–Trinajstić information content (AvgIpc) is 2.97. The van der Waals surface area contributed by atoms with Crippen LogP contribution in [0.1, 0.15) is 29.4 Å². The fourth-order valence-corrected chi connectivity index (χ4v) is 2.99. The number of aromatic nitrogens is 1. The molecule has 0 saturated carbocycles. The Morgan fingerprint density at radius 1 is 1.32 bits per heavy atom. The van der Waals surface area contributed by atoms with Crippen LogP contribution >= 0.6 is 11.3 Å². The maximum Gasteiger partial charge on any atom is 0.305 e. The minimum atomic E-state index is -0.912. The summed E-state index contributed by atoms with van der Waals surface area (Å²) >= 11 is 1.42. The molecule has 5 nitrogen and oxygen atoms in total. The van der Waals surface area contributed by atoms with E-state index in [1.54, 1.807) is 5.38 Å². The monoisotopic (exact) mass is 318 g/mol. The molecule has 0 radical (unpaired) electrons. The molecule has 0 atom stereocenters. The number of carboxylic acid groups (broad SMARTS) is 1. The van der Waals surface area contributed by atoms with Crippen LogP contribution in [-0.4, -0.2) is 40.0 Å². The summed E-state index contributed by atoms with van der Waals surface area (Å²) in [5, 5.41) is 11.3. The van der Waals surface area contributed by atoms with E-state index in [2.05, 4.69) is 4.98 Å². The molecule has 1 aromatic carbocycles. The SMILES string of the molecule is CCN(CCC(=O)O)C(=O)c1csc(-c2ccccc2C)n1. The highest BCUT2D eigenvalue weighted by Gasteiger charge is 2.19. The van der Waals surface area contributed by atoms with Crippen molar-refractivity contribution in [3.63, 3.8) is 0 Å². The van der Waals surface area contributed by atoms with E-state index < -0.39 is 5.97 Å². The molecule has 2 aromatic rings. The molecular weight excluding hydrogens is 300 g/mol. The topological polar surface area (TPSA) is 70.5 Å². The smallest absolute Gasteiger partial charge is 0.305 e. The highest BCUT2D eigenvalue weighted by Crippen LogP contribution is 2.27. The van der Waals surface area contributed by atoms with Crippen molar-refractivity contribution in [1.29, 1.82) is 0 Å². The van der Waals surface area contributed by atoms with Gasteiger partial charge >= 0.3 is 5.97 Å². The van der Waals surface area contributed by atoms with Crippen LogP contribution in [0, 0.1) is 6.92 Å². The van der Waals surface area contributed by atoms with E-state index >= 15 is 0 Å². The number of thiazole rings is 1. The first-order valence-electron chi connectivity index (χ1n) is 7.05. The largest absolute Gasteiger partial charge is 0.481 e. The van der Waals surface area contributed by atoms with Crippen LogP contribution in [0.4, 0.5) is 0 Å². The number of carbonyl (C=O) groups excluding carboxylic acids is 1. The first-order chi connectivity index (χ1) is 10.5. The van der Waals surface area contributed by atoms with Crippen molar-refractivity contribution in [3.8, 4) is 10.6 Å². The van der Waals surface area contributed by atoms with E-state index in [1.807, 2.05) is 38.1 Å². The average molecular weight is 318 g/mol. The highest BCUT2D eigenvalue weighted by atomic mass is 32.1. The van der Waals surface area contributed by atoms with Crippen molar-refractivity contribution in [2.75, 3.05) is 13.1 Å². The number of hydrogen-bond donors (Lipinski definition) is 1. The molecule has 0 bridgehead atoms. The first-order valence-corrected chi connectivity index (χ1v) is 7.93. The molecule has 0 spiro atoms. The molecule has 0 aliphatic heterocycles. The number of aliphatic carboxylic acids is 1. The van der Waals surface area contributed by atoms with Crippen molar-refractivity contribution in [1.82, 2.24) is 9.88 Å². The molecular formula is C16H18N2O3S. The van der Waals surface area contributed by atoms with Gasteiger partial charge in [-0.15, -0.1) is 11.3 Å².